The minimum Gasteiger partial charge on any atom is -0.201 e. The van der Waals surface area contributed by atoms with Gasteiger partial charge in [0.25, 0.3) is 0 Å². The molecular formula is C113H114N4+4. The van der Waals surface area contributed by atoms with Crippen molar-refractivity contribution in [1.29, 1.82) is 0 Å². The van der Waals surface area contributed by atoms with Crippen molar-refractivity contribution in [3.63, 3.8) is 0 Å². The Morgan fingerprint density at radius 2 is 0.385 bits per heavy atom. The highest BCUT2D eigenvalue weighted by molar-refractivity contribution is 5.86. The van der Waals surface area contributed by atoms with Crippen LogP contribution in [0.15, 0.2) is 310 Å². The van der Waals surface area contributed by atoms with Crippen molar-refractivity contribution in [1.82, 2.24) is 0 Å². The van der Waals surface area contributed by atoms with Gasteiger partial charge in [-0.15, -0.1) is 0 Å². The minimum atomic E-state index is 1.23. The summed E-state index contributed by atoms with van der Waals surface area (Å²) in [6, 6.07) is 103. The van der Waals surface area contributed by atoms with Crippen LogP contribution < -0.4 is 18.3 Å². The Hall–Kier alpha value is -12.8. The Morgan fingerprint density at radius 1 is 0.154 bits per heavy atom. The normalized spacial score (nSPS) is 10.9. The van der Waals surface area contributed by atoms with Crippen molar-refractivity contribution < 1.29 is 18.3 Å². The van der Waals surface area contributed by atoms with Crippen molar-refractivity contribution >= 4 is 0 Å². The fraction of sp³-hybridized carbons (Fsp3) is 0.186. The summed E-state index contributed by atoms with van der Waals surface area (Å²) in [7, 11) is 8.57. The van der Waals surface area contributed by atoms with Crippen LogP contribution in [0, 0.1) is 118 Å². The molecule has 0 N–H and O–H groups in total. The molecule has 0 aliphatic rings. The molecule has 0 aliphatic heterocycles. The van der Waals surface area contributed by atoms with E-state index >= 15 is 0 Å². The smallest absolute Gasteiger partial charge is 0.201 e. The Labute approximate surface area is 698 Å². The number of pyridine rings is 4. The third-order valence-electron chi connectivity index (χ3n) is 24.0. The molecule has 16 aromatic rings. The lowest BCUT2D eigenvalue weighted by atomic mass is 9.89. The predicted molar refractivity (Wildman–Crippen MR) is 496 cm³/mol. The summed E-state index contributed by atoms with van der Waals surface area (Å²) in [5.74, 6) is 0. The van der Waals surface area contributed by atoms with Gasteiger partial charge in [0.2, 0.25) is 22.8 Å². The molecule has 0 spiro atoms. The van der Waals surface area contributed by atoms with Crippen molar-refractivity contribution in [2.45, 2.75) is 118 Å². The molecule has 0 bridgehead atoms. The number of hydrogen-bond donors (Lipinski definition) is 0. The monoisotopic (exact) mass is 1530 g/mol. The summed E-state index contributed by atoms with van der Waals surface area (Å²) >= 11 is 0. The minimum absolute atomic E-state index is 1.23. The summed E-state index contributed by atoms with van der Waals surface area (Å²) in [6.07, 6.45) is 8.99. The molecule has 0 unspecified atom stereocenters. The topological polar surface area (TPSA) is 15.5 Å². The number of nitrogens with zero attached hydrogens (tertiary/aromatic N) is 4. The van der Waals surface area contributed by atoms with Crippen LogP contribution in [0.5, 0.6) is 0 Å². The molecule has 0 radical (unpaired) electrons. The second-order valence-corrected chi connectivity index (χ2v) is 32.4. The number of aryl methyl sites for hydroxylation is 17. The molecule has 0 fully saturated rings. The third kappa shape index (κ3) is 17.6. The van der Waals surface area contributed by atoms with Crippen LogP contribution in [-0.4, -0.2) is 0 Å². The van der Waals surface area contributed by atoms with E-state index in [4.69, 9.17) is 0 Å². The standard InChI is InChI=1S/2C29H30N.C28H28N.C27H26N/c1-19-11-7-8-14-24(19)25-15-10-16-26(23(25)5)28-17-27(22(4)18-30(28)6)29-20(2)12-9-13-21(29)3;1-19-14-15-25(21(3)16-19)28-17-29(30(6)18-22(28)4)27-13-9-12-26(23(27)5)24-11-8-7-10-20(24)2;1-19-11-6-8-13-23(19)25-15-10-16-26(22(25)4)28-17-27(21(3)18-29(28)5)24-14-9-7-12-20(24)2;1-19-11-8-9-14-23(19)24-15-10-16-25(21(24)3)27-17-26(20(2)18-28(27)4)22-12-6-5-7-13-22/h2*7-18H,1-6H3;6-18H,1-5H3;5-18H,1-4H3/q4*+1. The maximum absolute atomic E-state index is 2.37. The Morgan fingerprint density at radius 3 is 0.701 bits per heavy atom. The fourth-order valence-corrected chi connectivity index (χ4v) is 17.5. The summed E-state index contributed by atoms with van der Waals surface area (Å²) in [5, 5.41) is 0. The summed E-state index contributed by atoms with van der Waals surface area (Å²) in [6.45, 7) is 37.5. The van der Waals surface area contributed by atoms with Gasteiger partial charge in [0.1, 0.15) is 28.2 Å². The van der Waals surface area contributed by atoms with E-state index in [9.17, 15) is 0 Å². The summed E-state index contributed by atoms with van der Waals surface area (Å²) < 4.78 is 9.01. The number of aromatic nitrogens is 4. The molecule has 0 atom stereocenters. The summed E-state index contributed by atoms with van der Waals surface area (Å²) in [4.78, 5) is 0. The second kappa shape index (κ2) is 36.0. The van der Waals surface area contributed by atoms with E-state index in [2.05, 4.69) is 474 Å². The van der Waals surface area contributed by atoms with Crippen LogP contribution in [0.3, 0.4) is 0 Å². The highest BCUT2D eigenvalue weighted by Gasteiger charge is 2.26. The first-order chi connectivity index (χ1) is 56.3. The third-order valence-corrected chi connectivity index (χ3v) is 24.0. The summed E-state index contributed by atoms with van der Waals surface area (Å²) in [5.41, 5.74) is 53.2. The highest BCUT2D eigenvalue weighted by atomic mass is 14.9. The average molecular weight is 1530 g/mol. The van der Waals surface area contributed by atoms with E-state index in [1.165, 1.54) is 229 Å². The van der Waals surface area contributed by atoms with Gasteiger partial charge in [-0.1, -0.05) is 242 Å². The fourth-order valence-electron chi connectivity index (χ4n) is 17.5. The quantitative estimate of drug-likeness (QED) is 0.108. The Bertz CT molecular complexity index is 6360. The van der Waals surface area contributed by atoms with Crippen LogP contribution in [0.25, 0.3) is 134 Å². The van der Waals surface area contributed by atoms with E-state index in [1.807, 2.05) is 0 Å². The van der Waals surface area contributed by atoms with Gasteiger partial charge in [0.15, 0.2) is 24.8 Å². The molecule has 4 aromatic heterocycles. The average Bonchev–Trinajstić information content (AvgIpc) is 0.783. The lowest BCUT2D eigenvalue weighted by molar-refractivity contribution is -0.660. The van der Waals surface area contributed by atoms with Crippen molar-refractivity contribution in [2.24, 2.45) is 28.2 Å². The zero-order chi connectivity index (χ0) is 83.0. The van der Waals surface area contributed by atoms with Gasteiger partial charge in [0.05, 0.1) is 0 Å². The molecular weight excluding hydrogens is 1410 g/mol. The lowest BCUT2D eigenvalue weighted by Gasteiger charge is -2.16. The molecule has 0 saturated carbocycles. The van der Waals surface area contributed by atoms with Crippen molar-refractivity contribution in [3.05, 3.63) is 404 Å². The molecule has 4 heterocycles. The molecule has 12 aromatic carbocycles. The Balaban J connectivity index is 0.000000136. The maximum Gasteiger partial charge on any atom is 0.213 e. The first kappa shape index (κ1) is 82.2. The van der Waals surface area contributed by atoms with Gasteiger partial charge in [-0.2, -0.15) is 0 Å². The van der Waals surface area contributed by atoms with Gasteiger partial charge >= 0.3 is 0 Å². The van der Waals surface area contributed by atoms with Crippen LogP contribution in [0.2, 0.25) is 0 Å². The molecule has 0 saturated heterocycles. The second-order valence-electron chi connectivity index (χ2n) is 32.4. The van der Waals surface area contributed by atoms with Gasteiger partial charge in [-0.3, -0.25) is 0 Å². The van der Waals surface area contributed by atoms with Gasteiger partial charge < -0.3 is 0 Å². The Kier molecular flexibility index (Phi) is 25.3. The SMILES string of the molecule is Cc1c[n+](C)c(-c2cccc(-c3ccccc3C)c2C)cc1-c1ccccc1.Cc1ccc(-c2cc(-c3cccc(-c4ccccc4C)c3C)[n+](C)cc2C)c(C)c1.Cc1ccccc1-c1cc(-c2cccc(-c3ccccc3C)c2C)[n+](C)cc1C.Cc1ccccc1-c1cccc(-c2cc(-c3c(C)cccc3C)c(C)c[n+]2C)c1C. The predicted octanol–water partition coefficient (Wildman–Crippen LogP) is 27.3. The van der Waals surface area contributed by atoms with Crippen LogP contribution in [-0.2, 0) is 28.2 Å². The van der Waals surface area contributed by atoms with Gasteiger partial charge in [0, 0.05) is 68.8 Å². The molecule has 0 amide bonds. The molecule has 4 nitrogen and oxygen atoms in total. The van der Waals surface area contributed by atoms with Gasteiger partial charge in [-0.25, -0.2) is 18.3 Å². The van der Waals surface area contributed by atoms with E-state index in [-0.39, 0.29) is 0 Å². The van der Waals surface area contributed by atoms with Gasteiger partial charge in [-0.05, 0) is 298 Å². The molecule has 0 aliphatic carbocycles. The zero-order valence-corrected chi connectivity index (χ0v) is 72.7. The molecule has 16 rings (SSSR count). The largest absolute Gasteiger partial charge is 0.213 e. The molecule has 4 heteroatoms. The first-order valence-corrected chi connectivity index (χ1v) is 41.2. The highest BCUT2D eigenvalue weighted by Crippen LogP contribution is 2.41. The van der Waals surface area contributed by atoms with Crippen LogP contribution >= 0.6 is 0 Å². The van der Waals surface area contributed by atoms with Crippen molar-refractivity contribution in [3.8, 4) is 134 Å². The molecule has 582 valence electrons. The van der Waals surface area contributed by atoms with Crippen LogP contribution in [0.4, 0.5) is 0 Å². The van der Waals surface area contributed by atoms with E-state index in [0.717, 1.165) is 0 Å². The van der Waals surface area contributed by atoms with E-state index in [0.29, 0.717) is 0 Å². The number of rotatable bonds is 12. The van der Waals surface area contributed by atoms with Crippen LogP contribution in [0.1, 0.15) is 94.6 Å². The van der Waals surface area contributed by atoms with E-state index in [1.54, 1.807) is 0 Å². The molecule has 117 heavy (non-hydrogen) atoms. The number of benzene rings is 12. The van der Waals surface area contributed by atoms with Crippen molar-refractivity contribution in [2.75, 3.05) is 0 Å². The first-order valence-electron chi connectivity index (χ1n) is 41.2. The zero-order valence-electron chi connectivity index (χ0n) is 72.7. The maximum atomic E-state index is 2.37. The van der Waals surface area contributed by atoms with E-state index < -0.39 is 0 Å². The lowest BCUT2D eigenvalue weighted by Crippen LogP contribution is -2.31. The number of hydrogen-bond acceptors (Lipinski definition) is 0.